The molecule has 2 nitrogen and oxygen atoms in total. The van der Waals surface area contributed by atoms with Crippen molar-refractivity contribution >= 4 is 11.6 Å². The molecule has 0 aliphatic heterocycles. The standard InChI is InChI=1S/2C14H22O/c1-10-6-7-11(2)14(4,5)13(10)9-8-12(3)15;1-5-12(15)8-9-13-11(2)7-6-10-14(13,3)4/h6,8-9,11,13H,7H2,1-5H3;7-9,13H,5-6,10H2,1-4H3/b9-8+;. The first-order valence-corrected chi connectivity index (χ1v) is 11.6. The normalized spacial score (nSPS) is 27.8. The lowest BCUT2D eigenvalue weighted by Crippen LogP contribution is -2.33. The van der Waals surface area contributed by atoms with E-state index in [9.17, 15) is 9.59 Å². The highest BCUT2D eigenvalue weighted by Gasteiger charge is 2.36. The monoisotopic (exact) mass is 412 g/mol. The Labute approximate surface area is 185 Å². The summed E-state index contributed by atoms with van der Waals surface area (Å²) in [4.78, 5) is 22.2. The largest absolute Gasteiger partial charge is 0.295 e. The van der Waals surface area contributed by atoms with E-state index >= 15 is 0 Å². The first kappa shape index (κ1) is 26.3. The molecule has 0 saturated carbocycles. The van der Waals surface area contributed by atoms with Gasteiger partial charge in [0.1, 0.15) is 0 Å². The minimum absolute atomic E-state index is 0.136. The van der Waals surface area contributed by atoms with Crippen molar-refractivity contribution in [2.45, 2.75) is 88.0 Å². The molecular weight excluding hydrogens is 368 g/mol. The second-order valence-corrected chi connectivity index (χ2v) is 10.5. The van der Waals surface area contributed by atoms with E-state index in [4.69, 9.17) is 0 Å². The third-order valence-electron chi connectivity index (χ3n) is 7.29. The Morgan fingerprint density at radius 2 is 1.57 bits per heavy atom. The lowest BCUT2D eigenvalue weighted by atomic mass is 9.63. The average molecular weight is 413 g/mol. The fourth-order valence-electron chi connectivity index (χ4n) is 4.62. The summed E-state index contributed by atoms with van der Waals surface area (Å²) in [6.07, 6.45) is 16.4. The maximum absolute atomic E-state index is 11.3. The molecule has 3 atom stereocenters. The van der Waals surface area contributed by atoms with Crippen molar-refractivity contribution in [3.8, 4) is 0 Å². The fourth-order valence-corrected chi connectivity index (χ4v) is 4.62. The van der Waals surface area contributed by atoms with E-state index in [-0.39, 0.29) is 17.0 Å². The van der Waals surface area contributed by atoms with Crippen molar-refractivity contribution in [2.24, 2.45) is 28.6 Å². The third-order valence-corrected chi connectivity index (χ3v) is 7.29. The van der Waals surface area contributed by atoms with Crippen LogP contribution in [0.1, 0.15) is 88.0 Å². The van der Waals surface area contributed by atoms with Crippen LogP contribution in [0, 0.1) is 28.6 Å². The minimum atomic E-state index is 0.136. The van der Waals surface area contributed by atoms with Crippen LogP contribution >= 0.6 is 0 Å². The Morgan fingerprint density at radius 3 is 2.10 bits per heavy atom. The molecule has 0 bridgehead atoms. The highest BCUT2D eigenvalue weighted by atomic mass is 16.1. The Kier molecular flexibility index (Phi) is 9.72. The van der Waals surface area contributed by atoms with Gasteiger partial charge in [0.05, 0.1) is 0 Å². The summed E-state index contributed by atoms with van der Waals surface area (Å²) in [7, 11) is 0. The zero-order valence-electron chi connectivity index (χ0n) is 20.8. The molecule has 0 fully saturated rings. The zero-order chi connectivity index (χ0) is 23.1. The Hall–Kier alpha value is -1.70. The predicted molar refractivity (Wildman–Crippen MR) is 129 cm³/mol. The van der Waals surface area contributed by atoms with Crippen LogP contribution in [-0.2, 0) is 9.59 Å². The number of allylic oxidation sites excluding steroid dienone is 8. The van der Waals surface area contributed by atoms with Gasteiger partial charge < -0.3 is 0 Å². The molecule has 0 spiro atoms. The van der Waals surface area contributed by atoms with Gasteiger partial charge in [-0.2, -0.15) is 0 Å². The van der Waals surface area contributed by atoms with Gasteiger partial charge in [-0.1, -0.05) is 77.0 Å². The van der Waals surface area contributed by atoms with E-state index in [1.54, 1.807) is 19.1 Å². The molecule has 0 aromatic carbocycles. The average Bonchev–Trinajstić information content (AvgIpc) is 2.64. The summed E-state index contributed by atoms with van der Waals surface area (Å²) < 4.78 is 0. The highest BCUT2D eigenvalue weighted by Crippen LogP contribution is 2.45. The third kappa shape index (κ3) is 7.22. The highest BCUT2D eigenvalue weighted by molar-refractivity contribution is 5.89. The lowest BCUT2D eigenvalue weighted by molar-refractivity contribution is -0.114. The van der Waals surface area contributed by atoms with Gasteiger partial charge in [0, 0.05) is 18.3 Å². The lowest BCUT2D eigenvalue weighted by Gasteiger charge is -2.42. The van der Waals surface area contributed by atoms with E-state index in [1.165, 1.54) is 24.0 Å². The maximum atomic E-state index is 11.3. The summed E-state index contributed by atoms with van der Waals surface area (Å²) in [5.74, 6) is 1.87. The van der Waals surface area contributed by atoms with Crippen LogP contribution < -0.4 is 0 Å². The molecule has 0 N–H and O–H groups in total. The second kappa shape index (κ2) is 11.1. The molecule has 2 heteroatoms. The molecule has 3 unspecified atom stereocenters. The zero-order valence-corrected chi connectivity index (χ0v) is 20.8. The quantitative estimate of drug-likeness (QED) is 0.343. The van der Waals surface area contributed by atoms with Gasteiger partial charge in [0.25, 0.3) is 0 Å². The smallest absolute Gasteiger partial charge is 0.155 e. The summed E-state index contributed by atoms with van der Waals surface area (Å²) in [5.41, 5.74) is 3.36. The predicted octanol–water partition coefficient (Wildman–Crippen LogP) is 7.66. The van der Waals surface area contributed by atoms with Crippen LogP contribution in [-0.4, -0.2) is 11.6 Å². The van der Waals surface area contributed by atoms with Gasteiger partial charge in [-0.15, -0.1) is 0 Å². The molecule has 0 heterocycles. The van der Waals surface area contributed by atoms with E-state index in [1.807, 2.05) is 6.92 Å². The molecule has 0 saturated heterocycles. The molecule has 30 heavy (non-hydrogen) atoms. The van der Waals surface area contributed by atoms with Crippen molar-refractivity contribution in [3.05, 3.63) is 47.6 Å². The van der Waals surface area contributed by atoms with Crippen molar-refractivity contribution in [3.63, 3.8) is 0 Å². The van der Waals surface area contributed by atoms with Gasteiger partial charge in [0.2, 0.25) is 0 Å². The van der Waals surface area contributed by atoms with E-state index in [2.05, 4.69) is 72.8 Å². The van der Waals surface area contributed by atoms with Crippen molar-refractivity contribution < 1.29 is 9.59 Å². The van der Waals surface area contributed by atoms with Crippen LogP contribution in [0.5, 0.6) is 0 Å². The van der Waals surface area contributed by atoms with Crippen LogP contribution in [0.3, 0.4) is 0 Å². The molecule has 2 aliphatic rings. The number of carbonyl (C=O) groups is 2. The topological polar surface area (TPSA) is 34.1 Å². The Bertz CT molecular complexity index is 728. The first-order chi connectivity index (χ1) is 13.8. The van der Waals surface area contributed by atoms with Gasteiger partial charge in [-0.3, -0.25) is 9.59 Å². The number of hydrogen-bond acceptors (Lipinski definition) is 2. The molecule has 2 aliphatic carbocycles. The molecule has 168 valence electrons. The van der Waals surface area contributed by atoms with Crippen LogP contribution in [0.15, 0.2) is 47.6 Å². The maximum Gasteiger partial charge on any atom is 0.155 e. The summed E-state index contributed by atoms with van der Waals surface area (Å²) in [5, 5.41) is 0. The fraction of sp³-hybridized carbons (Fsp3) is 0.643. The minimum Gasteiger partial charge on any atom is -0.295 e. The molecule has 0 aromatic heterocycles. The van der Waals surface area contributed by atoms with Crippen LogP contribution in [0.2, 0.25) is 0 Å². The van der Waals surface area contributed by atoms with Gasteiger partial charge in [-0.05, 0) is 68.9 Å². The first-order valence-electron chi connectivity index (χ1n) is 11.6. The van der Waals surface area contributed by atoms with E-state index < -0.39 is 0 Å². The summed E-state index contributed by atoms with van der Waals surface area (Å²) in [6, 6.07) is 0. The van der Waals surface area contributed by atoms with Crippen LogP contribution in [0.25, 0.3) is 0 Å². The number of carbonyl (C=O) groups excluding carboxylic acids is 2. The van der Waals surface area contributed by atoms with Crippen molar-refractivity contribution in [1.82, 2.24) is 0 Å². The molecule has 2 rings (SSSR count). The molecule has 0 aromatic rings. The van der Waals surface area contributed by atoms with Gasteiger partial charge in [-0.25, -0.2) is 0 Å². The second-order valence-electron chi connectivity index (χ2n) is 10.5. The van der Waals surface area contributed by atoms with Crippen molar-refractivity contribution in [2.75, 3.05) is 0 Å². The van der Waals surface area contributed by atoms with Crippen LogP contribution in [0.4, 0.5) is 0 Å². The molecule has 0 radical (unpaired) electrons. The number of ketones is 2. The summed E-state index contributed by atoms with van der Waals surface area (Å²) in [6.45, 7) is 19.3. The number of hydrogen-bond donors (Lipinski definition) is 0. The van der Waals surface area contributed by atoms with E-state index in [0.29, 0.717) is 29.6 Å². The van der Waals surface area contributed by atoms with Crippen molar-refractivity contribution in [1.29, 1.82) is 0 Å². The molecule has 0 amide bonds. The number of rotatable bonds is 5. The van der Waals surface area contributed by atoms with Gasteiger partial charge in [0.15, 0.2) is 11.6 Å². The SMILES string of the molecule is CC(=O)/C=C/C1C(C)=CCC(C)C1(C)C.CCC(=O)C=CC1C(C)=CCCC1(C)C. The summed E-state index contributed by atoms with van der Waals surface area (Å²) >= 11 is 0. The molecular formula is C28H44O2. The van der Waals surface area contributed by atoms with Gasteiger partial charge >= 0.3 is 0 Å². The Balaban J connectivity index is 0.000000300. The van der Waals surface area contributed by atoms with E-state index in [0.717, 1.165) is 6.42 Å². The Morgan fingerprint density at radius 1 is 1.00 bits per heavy atom.